The van der Waals surface area contributed by atoms with Gasteiger partial charge in [-0.3, -0.25) is 4.90 Å². The topological polar surface area (TPSA) is 61.7 Å². The lowest BCUT2D eigenvalue weighted by Gasteiger charge is -2.38. The van der Waals surface area contributed by atoms with E-state index < -0.39 is 28.9 Å². The zero-order valence-corrected chi connectivity index (χ0v) is 26.5. The van der Waals surface area contributed by atoms with Crippen LogP contribution in [0, 0.1) is 24.0 Å². The Kier molecular flexibility index (Phi) is 7.64. The van der Waals surface area contributed by atoms with Gasteiger partial charge in [-0.2, -0.15) is 9.97 Å². The van der Waals surface area contributed by atoms with E-state index >= 15 is 8.78 Å². The number of hydrogen-bond acceptors (Lipinski definition) is 6. The largest absolute Gasteiger partial charge is 0.461 e. The molecule has 0 unspecified atom stereocenters. The fraction of sp³-hybridized carbons (Fsp3) is 0.459. The number of anilines is 1. The number of fused-ring (bicyclic) bond motifs is 3. The van der Waals surface area contributed by atoms with Gasteiger partial charge in [-0.05, 0) is 73.7 Å². The van der Waals surface area contributed by atoms with Crippen LogP contribution < -0.4 is 9.64 Å². The molecule has 6 nitrogen and oxygen atoms in total. The van der Waals surface area contributed by atoms with E-state index in [4.69, 9.17) is 16.1 Å². The van der Waals surface area contributed by atoms with E-state index in [1.54, 1.807) is 19.1 Å². The van der Waals surface area contributed by atoms with Crippen LogP contribution in [0.5, 0.6) is 6.01 Å². The highest BCUT2D eigenvalue weighted by Crippen LogP contribution is 2.44. The first-order valence-corrected chi connectivity index (χ1v) is 16.2. The summed E-state index contributed by atoms with van der Waals surface area (Å²) in [6.07, 6.45) is 8.41. The summed E-state index contributed by atoms with van der Waals surface area (Å²) in [5, 5.41) is 12.7. The summed E-state index contributed by atoms with van der Waals surface area (Å²) in [5.74, 6) is 1.72. The van der Waals surface area contributed by atoms with Gasteiger partial charge >= 0.3 is 6.01 Å². The van der Waals surface area contributed by atoms with Crippen LogP contribution in [0.1, 0.15) is 69.9 Å². The van der Waals surface area contributed by atoms with Gasteiger partial charge in [0, 0.05) is 42.4 Å². The molecule has 3 saturated heterocycles. The number of ether oxygens (including phenoxy) is 1. The lowest BCUT2D eigenvalue weighted by molar-refractivity contribution is 0.0447. The molecule has 1 aromatic heterocycles. The van der Waals surface area contributed by atoms with E-state index in [0.29, 0.717) is 71.1 Å². The number of halogens is 3. The summed E-state index contributed by atoms with van der Waals surface area (Å²) < 4.78 is 53.1. The van der Waals surface area contributed by atoms with E-state index in [1.165, 1.54) is 6.07 Å². The Morgan fingerprint density at radius 2 is 1.93 bits per heavy atom. The Morgan fingerprint density at radius 1 is 1.13 bits per heavy atom. The fourth-order valence-corrected chi connectivity index (χ4v) is 8.00. The molecule has 3 aliphatic rings. The number of hydrogen-bond donors (Lipinski definition) is 1. The molecule has 0 amide bonds. The summed E-state index contributed by atoms with van der Waals surface area (Å²) in [6.45, 7) is 8.09. The number of nitrogens with zero attached hydrogens (tertiary/aromatic N) is 4. The maximum Gasteiger partial charge on any atom is 0.319 e. The molecule has 3 atom stereocenters. The Morgan fingerprint density at radius 3 is 2.70 bits per heavy atom. The van der Waals surface area contributed by atoms with E-state index in [1.807, 2.05) is 36.9 Å². The Balaban J connectivity index is 1.44. The van der Waals surface area contributed by atoms with Gasteiger partial charge in [-0.15, -0.1) is 6.42 Å². The van der Waals surface area contributed by atoms with Crippen LogP contribution in [0.2, 0.25) is 0 Å². The molecule has 0 spiro atoms. The molecule has 7 rings (SSSR count). The predicted octanol–water partition coefficient (Wildman–Crippen LogP) is 7.14. The normalized spacial score (nSPS) is 25.0. The van der Waals surface area contributed by atoms with E-state index in [-0.39, 0.29) is 29.6 Å². The van der Waals surface area contributed by atoms with Crippen molar-refractivity contribution in [2.75, 3.05) is 37.7 Å². The number of aliphatic hydroxyl groups is 1. The average molecular weight is 629 g/mol. The van der Waals surface area contributed by atoms with Gasteiger partial charge in [0.2, 0.25) is 0 Å². The lowest BCUT2D eigenvalue weighted by Crippen LogP contribution is -2.46. The first kappa shape index (κ1) is 30.8. The maximum absolute atomic E-state index is 17.3. The van der Waals surface area contributed by atoms with Crippen molar-refractivity contribution in [1.82, 2.24) is 14.9 Å². The molecule has 4 heterocycles. The van der Waals surface area contributed by atoms with Crippen molar-refractivity contribution in [2.24, 2.45) is 0 Å². The molecule has 0 saturated carbocycles. The first-order chi connectivity index (χ1) is 22.0. The van der Waals surface area contributed by atoms with Crippen LogP contribution in [0.4, 0.5) is 19.0 Å². The molecule has 4 aromatic rings. The molecule has 0 aliphatic carbocycles. The molecule has 0 bridgehead atoms. The number of aromatic nitrogens is 2. The molecular weight excluding hydrogens is 589 g/mol. The van der Waals surface area contributed by atoms with Gasteiger partial charge in [0.1, 0.15) is 29.9 Å². The van der Waals surface area contributed by atoms with Crippen molar-refractivity contribution in [3.8, 4) is 29.5 Å². The smallest absolute Gasteiger partial charge is 0.319 e. The van der Waals surface area contributed by atoms with Gasteiger partial charge in [-0.1, -0.05) is 44.0 Å². The first-order valence-electron chi connectivity index (χ1n) is 16.2. The van der Waals surface area contributed by atoms with Crippen LogP contribution in [-0.2, 0) is 0 Å². The molecule has 46 heavy (non-hydrogen) atoms. The SMILES string of the molecule is C#Cc1c(F)ccc2cccc(-c3c(C(C)C)cc4c(N5CCC[C@@](C)(O)C5)nc(OC[C@@]56CCCN5C[C@H](F)C6)nc4c3F)c12. The molecule has 240 valence electrons. The minimum absolute atomic E-state index is 0.00618. The summed E-state index contributed by atoms with van der Waals surface area (Å²) in [4.78, 5) is 13.6. The minimum atomic E-state index is -0.947. The summed E-state index contributed by atoms with van der Waals surface area (Å²) in [7, 11) is 0. The Hall–Kier alpha value is -3.87. The second kappa shape index (κ2) is 11.4. The maximum atomic E-state index is 17.3. The van der Waals surface area contributed by atoms with E-state index in [2.05, 4.69) is 15.8 Å². The second-order valence-corrected chi connectivity index (χ2v) is 13.9. The molecule has 3 aromatic carbocycles. The van der Waals surface area contributed by atoms with Gasteiger partial charge in [0.15, 0.2) is 5.82 Å². The van der Waals surface area contributed by atoms with E-state index in [0.717, 1.165) is 25.8 Å². The lowest BCUT2D eigenvalue weighted by atomic mass is 9.86. The zero-order valence-electron chi connectivity index (χ0n) is 26.5. The highest BCUT2D eigenvalue weighted by Gasteiger charge is 2.49. The average Bonchev–Trinajstić information content (AvgIpc) is 3.54. The summed E-state index contributed by atoms with van der Waals surface area (Å²) in [6, 6.07) is 10.3. The van der Waals surface area contributed by atoms with Crippen molar-refractivity contribution in [1.29, 1.82) is 0 Å². The second-order valence-electron chi connectivity index (χ2n) is 13.9. The zero-order chi connectivity index (χ0) is 32.4. The summed E-state index contributed by atoms with van der Waals surface area (Å²) in [5.41, 5.74) is 0.246. The van der Waals surface area contributed by atoms with Crippen LogP contribution in [0.3, 0.4) is 0 Å². The van der Waals surface area contributed by atoms with Crippen molar-refractivity contribution < 1.29 is 23.0 Å². The quantitative estimate of drug-likeness (QED) is 0.229. The van der Waals surface area contributed by atoms with Gasteiger partial charge in [0.25, 0.3) is 0 Å². The monoisotopic (exact) mass is 628 g/mol. The molecule has 3 fully saturated rings. The number of β-amino-alcohol motifs (C(OH)–C–C–N with tert-alkyl or cyclic N) is 1. The van der Waals surface area contributed by atoms with Crippen molar-refractivity contribution >= 4 is 27.5 Å². The van der Waals surface area contributed by atoms with Crippen LogP contribution in [0.15, 0.2) is 36.4 Å². The van der Waals surface area contributed by atoms with Gasteiger partial charge in [0.05, 0.1) is 16.7 Å². The number of benzene rings is 3. The van der Waals surface area contributed by atoms with Gasteiger partial charge < -0.3 is 14.7 Å². The van der Waals surface area contributed by atoms with Crippen LogP contribution >= 0.6 is 0 Å². The van der Waals surface area contributed by atoms with Crippen LogP contribution in [-0.4, -0.2) is 70.1 Å². The number of terminal acetylenes is 1. The third-order valence-corrected chi connectivity index (χ3v) is 10.2. The van der Waals surface area contributed by atoms with Crippen LogP contribution in [0.25, 0.3) is 32.8 Å². The minimum Gasteiger partial charge on any atom is -0.461 e. The number of rotatable bonds is 6. The van der Waals surface area contributed by atoms with Crippen molar-refractivity contribution in [3.63, 3.8) is 0 Å². The van der Waals surface area contributed by atoms with Crippen molar-refractivity contribution in [2.45, 2.75) is 76.1 Å². The standard InChI is InChI=1S/C37H39F3N4O2/c1-5-25-29(39)12-11-23-9-6-10-26(30(23)25)31-27(22(2)3)17-28-33(32(31)40)41-35(42-34(28)43-15-7-13-36(4,45)20-43)46-21-37-14-8-16-44(37)19-24(38)18-37/h1,6,9-12,17,22,24,45H,7-8,13-16,18-21H2,2-4H3/t24-,36-,37+/m1/s1. The van der Waals surface area contributed by atoms with E-state index in [9.17, 15) is 9.50 Å². The third-order valence-electron chi connectivity index (χ3n) is 10.2. The summed E-state index contributed by atoms with van der Waals surface area (Å²) >= 11 is 0. The Bertz CT molecular complexity index is 1890. The molecule has 9 heteroatoms. The van der Waals surface area contributed by atoms with Gasteiger partial charge in [-0.25, -0.2) is 13.2 Å². The predicted molar refractivity (Wildman–Crippen MR) is 175 cm³/mol. The number of alkyl halides is 1. The highest BCUT2D eigenvalue weighted by atomic mass is 19.1. The molecular formula is C37H39F3N4O2. The molecule has 1 N–H and O–H groups in total. The fourth-order valence-electron chi connectivity index (χ4n) is 8.00. The highest BCUT2D eigenvalue weighted by molar-refractivity contribution is 6.04. The number of piperidine rings is 1. The molecule has 0 radical (unpaired) electrons. The van der Waals surface area contributed by atoms with Crippen molar-refractivity contribution in [3.05, 3.63) is 59.2 Å². The molecule has 3 aliphatic heterocycles. The Labute approximate surface area is 267 Å². The third kappa shape index (κ3) is 5.16.